The minimum atomic E-state index is -1.37. The van der Waals surface area contributed by atoms with E-state index < -0.39 is 18.3 Å². The van der Waals surface area contributed by atoms with Crippen LogP contribution in [-0.2, 0) is 9.68 Å². The average Bonchev–Trinajstić information content (AvgIpc) is 2.55. The van der Waals surface area contributed by atoms with Crippen LogP contribution in [0, 0.1) is 0 Å². The van der Waals surface area contributed by atoms with Gasteiger partial charge in [-0.05, 0) is 81.1 Å². The van der Waals surface area contributed by atoms with Gasteiger partial charge in [0.05, 0.1) is 13.2 Å². The van der Waals surface area contributed by atoms with Gasteiger partial charge in [0.25, 0.3) is 0 Å². The number of aliphatic hydroxyl groups is 3. The summed E-state index contributed by atoms with van der Waals surface area (Å²) < 4.78 is 0. The van der Waals surface area contributed by atoms with E-state index in [0.717, 1.165) is 25.7 Å². The molecule has 9 heteroatoms. The Balaban J connectivity index is 1.69. The Labute approximate surface area is 193 Å². The second-order valence-corrected chi connectivity index (χ2v) is 12.5. The predicted octanol–water partition coefficient (Wildman–Crippen LogP) is 0.730. The smallest absolute Gasteiger partial charge is 0.110 e. The lowest BCUT2D eigenvalue weighted by Crippen LogP contribution is -2.61. The lowest BCUT2D eigenvalue weighted by Gasteiger charge is -2.46. The summed E-state index contributed by atoms with van der Waals surface area (Å²) in [6.45, 7) is 16.9. The first-order valence-corrected chi connectivity index (χ1v) is 11.9. The fourth-order valence-electron chi connectivity index (χ4n) is 5.77. The van der Waals surface area contributed by atoms with Crippen LogP contribution in [0.25, 0.3) is 0 Å². The summed E-state index contributed by atoms with van der Waals surface area (Å²) >= 11 is 0. The second-order valence-electron chi connectivity index (χ2n) is 12.5. The fraction of sp³-hybridized carbons (Fsp3) is 1.00. The maximum atomic E-state index is 10.3. The number of hydroxylamine groups is 2. The fourth-order valence-corrected chi connectivity index (χ4v) is 5.77. The van der Waals surface area contributed by atoms with Gasteiger partial charge in [0.15, 0.2) is 0 Å². The highest BCUT2D eigenvalue weighted by molar-refractivity contribution is 4.99. The maximum Gasteiger partial charge on any atom is 0.110 e. The van der Waals surface area contributed by atoms with E-state index in [4.69, 9.17) is 9.68 Å². The number of aliphatic hydroxyl groups excluding tert-OH is 3. The van der Waals surface area contributed by atoms with Gasteiger partial charge in [-0.15, -0.1) is 0 Å². The molecule has 2 heterocycles. The molecule has 0 bridgehead atoms. The second kappa shape index (κ2) is 10.5. The molecular weight excluding hydrogens is 412 g/mol. The topological polar surface area (TPSA) is 127 Å². The summed E-state index contributed by atoms with van der Waals surface area (Å²) in [5.41, 5.74) is 5.92. The molecule has 0 spiro atoms. The zero-order valence-corrected chi connectivity index (χ0v) is 21.3. The lowest BCUT2D eigenvalue weighted by molar-refractivity contribution is -0.137. The Kier molecular flexibility index (Phi) is 9.15. The highest BCUT2D eigenvalue weighted by atomic mass is 16.7. The molecule has 7 N–H and O–H groups in total. The van der Waals surface area contributed by atoms with E-state index in [-0.39, 0.29) is 47.5 Å². The van der Waals surface area contributed by atoms with Crippen molar-refractivity contribution in [1.29, 1.82) is 0 Å². The third-order valence-electron chi connectivity index (χ3n) is 6.18. The van der Waals surface area contributed by atoms with Gasteiger partial charge < -0.3 is 26.0 Å². The molecule has 0 aliphatic carbocycles. The monoisotopic (exact) mass is 460 g/mol. The van der Waals surface area contributed by atoms with E-state index in [9.17, 15) is 15.3 Å². The van der Waals surface area contributed by atoms with Gasteiger partial charge in [0.1, 0.15) is 18.3 Å². The van der Waals surface area contributed by atoms with Crippen molar-refractivity contribution in [3.05, 3.63) is 0 Å². The zero-order valence-electron chi connectivity index (χ0n) is 21.3. The molecule has 0 aromatic carbocycles. The molecular formula is C23H48N4O5. The van der Waals surface area contributed by atoms with Crippen molar-refractivity contribution in [3.8, 4) is 0 Å². The minimum absolute atomic E-state index is 0.0275. The van der Waals surface area contributed by atoms with Crippen LogP contribution in [0.2, 0.25) is 0 Å². The number of hydrogen-bond acceptors (Lipinski definition) is 9. The largest absolute Gasteiger partial charge is 0.388 e. The zero-order chi connectivity index (χ0) is 24.4. The molecule has 0 saturated carbocycles. The quantitative estimate of drug-likeness (QED) is 0.236. The molecule has 2 fully saturated rings. The summed E-state index contributed by atoms with van der Waals surface area (Å²) in [6.07, 6.45) is -0.340. The molecule has 2 atom stereocenters. The van der Waals surface area contributed by atoms with Gasteiger partial charge in [0.2, 0.25) is 0 Å². The van der Waals surface area contributed by atoms with Gasteiger partial charge in [0, 0.05) is 34.2 Å². The lowest BCUT2D eigenvalue weighted by atomic mass is 9.80. The number of piperidine rings is 2. The maximum absolute atomic E-state index is 10.3. The summed E-state index contributed by atoms with van der Waals surface area (Å²) in [5, 5.41) is 37.9. The van der Waals surface area contributed by atoms with Crippen molar-refractivity contribution in [3.63, 3.8) is 0 Å². The summed E-state index contributed by atoms with van der Waals surface area (Å²) in [5.74, 6) is 0. The van der Waals surface area contributed by atoms with Crippen molar-refractivity contribution < 1.29 is 25.0 Å². The van der Waals surface area contributed by atoms with Crippen LogP contribution in [0.5, 0.6) is 0 Å². The summed E-state index contributed by atoms with van der Waals surface area (Å²) in [7, 11) is 0. The Morgan fingerprint density at radius 1 is 0.656 bits per heavy atom. The van der Waals surface area contributed by atoms with E-state index in [0.29, 0.717) is 0 Å². The number of nitrogens with one attached hydrogen (secondary N) is 4. The van der Waals surface area contributed by atoms with Crippen LogP contribution < -0.4 is 21.6 Å². The molecule has 9 nitrogen and oxygen atoms in total. The van der Waals surface area contributed by atoms with Gasteiger partial charge in [-0.25, -0.2) is 0 Å². The summed E-state index contributed by atoms with van der Waals surface area (Å²) in [4.78, 5) is 11.0. The van der Waals surface area contributed by atoms with Crippen molar-refractivity contribution in [2.75, 3.05) is 13.2 Å². The molecule has 2 aliphatic heterocycles. The van der Waals surface area contributed by atoms with Crippen LogP contribution in [0.15, 0.2) is 0 Å². The third-order valence-corrected chi connectivity index (χ3v) is 6.18. The average molecular weight is 461 g/mol. The van der Waals surface area contributed by atoms with Crippen LogP contribution in [0.1, 0.15) is 81.1 Å². The van der Waals surface area contributed by atoms with Crippen molar-refractivity contribution >= 4 is 0 Å². The molecule has 2 aliphatic rings. The first-order chi connectivity index (χ1) is 14.5. The number of hydrogen-bond donors (Lipinski definition) is 7. The molecule has 0 radical (unpaired) electrons. The molecule has 190 valence electrons. The van der Waals surface area contributed by atoms with E-state index >= 15 is 0 Å². The summed E-state index contributed by atoms with van der Waals surface area (Å²) in [6, 6.07) is 0.253. The Morgan fingerprint density at radius 3 is 1.22 bits per heavy atom. The van der Waals surface area contributed by atoms with Crippen molar-refractivity contribution in [2.24, 2.45) is 0 Å². The van der Waals surface area contributed by atoms with E-state index in [2.05, 4.69) is 77.0 Å². The van der Waals surface area contributed by atoms with Crippen LogP contribution in [0.4, 0.5) is 0 Å². The highest BCUT2D eigenvalue weighted by Gasteiger charge is 2.39. The molecule has 2 rings (SSSR count). The van der Waals surface area contributed by atoms with Crippen LogP contribution >= 0.6 is 0 Å². The molecule has 0 amide bonds. The molecule has 0 aromatic heterocycles. The first-order valence-electron chi connectivity index (χ1n) is 11.9. The molecule has 32 heavy (non-hydrogen) atoms. The minimum Gasteiger partial charge on any atom is -0.388 e. The van der Waals surface area contributed by atoms with E-state index in [1.807, 2.05) is 0 Å². The Morgan fingerprint density at radius 2 is 0.938 bits per heavy atom. The first kappa shape index (κ1) is 27.9. The van der Waals surface area contributed by atoms with E-state index in [1.54, 1.807) is 0 Å². The predicted molar refractivity (Wildman–Crippen MR) is 125 cm³/mol. The van der Waals surface area contributed by atoms with Gasteiger partial charge in [-0.3, -0.25) is 9.68 Å². The number of rotatable bonds is 10. The van der Waals surface area contributed by atoms with Crippen molar-refractivity contribution in [1.82, 2.24) is 21.6 Å². The standard InChI is InChI=1S/C23H48N4O5/c1-20(2)9-15(10-21(3,4)26-20)24-31-13-17(28)19(30)18(29)14-32-25-16-11-22(5,6)27-23(7,8)12-16/h15-19,24-30H,9-14H2,1-8H3. The van der Waals surface area contributed by atoms with Gasteiger partial charge in [-0.2, -0.15) is 11.0 Å². The normalized spacial score (nSPS) is 28.2. The third kappa shape index (κ3) is 9.12. The van der Waals surface area contributed by atoms with E-state index in [1.165, 1.54) is 0 Å². The van der Waals surface area contributed by atoms with Crippen LogP contribution in [0.3, 0.4) is 0 Å². The van der Waals surface area contributed by atoms with Gasteiger partial charge >= 0.3 is 0 Å². The highest BCUT2D eigenvalue weighted by Crippen LogP contribution is 2.29. The molecule has 2 saturated heterocycles. The molecule has 0 aromatic rings. The van der Waals surface area contributed by atoms with Crippen molar-refractivity contribution in [2.45, 2.75) is 134 Å². The molecule has 2 unspecified atom stereocenters. The van der Waals surface area contributed by atoms with Gasteiger partial charge in [-0.1, -0.05) is 0 Å². The Bertz CT molecular complexity index is 517. The SMILES string of the molecule is CC1(C)CC(NOCC(O)C(O)C(O)CONC2CC(C)(C)NC(C)(C)C2)CC(C)(C)N1. The Hall–Kier alpha value is -0.360. The van der Waals surface area contributed by atoms with Crippen LogP contribution in [-0.4, -0.2) is 81.1 Å².